The fourth-order valence-corrected chi connectivity index (χ4v) is 3.04. The summed E-state index contributed by atoms with van der Waals surface area (Å²) in [5.74, 6) is 0.960. The molecule has 1 fully saturated rings. The zero-order valence-corrected chi connectivity index (χ0v) is 15.0. The maximum absolute atomic E-state index is 12.3. The first-order chi connectivity index (χ1) is 11.3. The van der Waals surface area contributed by atoms with Crippen LogP contribution in [-0.2, 0) is 11.8 Å². The average Bonchev–Trinajstić information content (AvgIpc) is 2.71. The molecule has 0 atom stereocenters. The lowest BCUT2D eigenvalue weighted by molar-refractivity contribution is 0.0263. The van der Waals surface area contributed by atoms with Crippen molar-refractivity contribution >= 4 is 23.1 Å². The summed E-state index contributed by atoms with van der Waals surface area (Å²) in [5.41, 5.74) is 1.67. The van der Waals surface area contributed by atoms with Crippen molar-refractivity contribution in [2.24, 2.45) is 7.05 Å². The van der Waals surface area contributed by atoms with Crippen LogP contribution in [0.2, 0.25) is 0 Å². The number of nitrogens with zero attached hydrogens (tertiary/aromatic N) is 4. The van der Waals surface area contributed by atoms with Gasteiger partial charge in [0.25, 0.3) is 0 Å². The molecule has 6 nitrogen and oxygen atoms in total. The molecule has 1 aliphatic heterocycles. The molecular formula is C18H26N4O2. The van der Waals surface area contributed by atoms with Gasteiger partial charge in [0, 0.05) is 33.2 Å². The minimum Gasteiger partial charge on any atom is -0.444 e. The smallest absolute Gasteiger partial charge is 0.410 e. The van der Waals surface area contributed by atoms with Gasteiger partial charge in [-0.05, 0) is 39.3 Å². The Hall–Kier alpha value is -2.24. The quantitative estimate of drug-likeness (QED) is 0.806. The van der Waals surface area contributed by atoms with Crippen LogP contribution in [0.1, 0.15) is 27.2 Å². The van der Waals surface area contributed by atoms with Crippen molar-refractivity contribution in [3.63, 3.8) is 0 Å². The first-order valence-electron chi connectivity index (χ1n) is 8.49. The van der Waals surface area contributed by atoms with E-state index in [4.69, 9.17) is 9.72 Å². The number of hydrogen-bond acceptors (Lipinski definition) is 4. The lowest BCUT2D eigenvalue weighted by atomic mass is 10.2. The zero-order valence-electron chi connectivity index (χ0n) is 15.0. The van der Waals surface area contributed by atoms with E-state index in [1.165, 1.54) is 0 Å². The third-order valence-electron chi connectivity index (χ3n) is 4.19. The summed E-state index contributed by atoms with van der Waals surface area (Å²) in [7, 11) is 2.04. The maximum atomic E-state index is 12.3. The van der Waals surface area contributed by atoms with E-state index in [2.05, 4.69) is 15.5 Å². The molecule has 1 amide bonds. The average molecular weight is 330 g/mol. The van der Waals surface area contributed by atoms with E-state index < -0.39 is 5.60 Å². The Morgan fingerprint density at radius 2 is 1.88 bits per heavy atom. The molecule has 2 heterocycles. The van der Waals surface area contributed by atoms with Gasteiger partial charge in [-0.1, -0.05) is 12.1 Å². The highest BCUT2D eigenvalue weighted by Crippen LogP contribution is 2.22. The van der Waals surface area contributed by atoms with Crippen LogP contribution in [0.5, 0.6) is 0 Å². The van der Waals surface area contributed by atoms with Crippen LogP contribution in [0, 0.1) is 0 Å². The molecule has 1 saturated heterocycles. The number of amides is 1. The van der Waals surface area contributed by atoms with Gasteiger partial charge in [-0.3, -0.25) is 0 Å². The Kier molecular flexibility index (Phi) is 4.39. The number of imidazole rings is 1. The Morgan fingerprint density at radius 3 is 2.58 bits per heavy atom. The van der Waals surface area contributed by atoms with Crippen LogP contribution in [0.4, 0.5) is 10.7 Å². The molecule has 1 aromatic heterocycles. The molecule has 24 heavy (non-hydrogen) atoms. The number of fused-ring (bicyclic) bond motifs is 1. The molecule has 6 heteroatoms. The van der Waals surface area contributed by atoms with Crippen LogP contribution < -0.4 is 4.90 Å². The van der Waals surface area contributed by atoms with E-state index in [1.54, 1.807) is 4.90 Å². The topological polar surface area (TPSA) is 50.6 Å². The van der Waals surface area contributed by atoms with Gasteiger partial charge >= 0.3 is 6.09 Å². The molecule has 1 aromatic carbocycles. The maximum Gasteiger partial charge on any atom is 0.410 e. The monoisotopic (exact) mass is 330 g/mol. The number of hydrogen-bond donors (Lipinski definition) is 0. The van der Waals surface area contributed by atoms with Gasteiger partial charge < -0.3 is 19.1 Å². The lowest BCUT2D eigenvalue weighted by Crippen LogP contribution is -2.39. The molecule has 3 rings (SSSR count). The third-order valence-corrected chi connectivity index (χ3v) is 4.19. The van der Waals surface area contributed by atoms with Crippen molar-refractivity contribution in [3.05, 3.63) is 24.3 Å². The van der Waals surface area contributed by atoms with Crippen LogP contribution in [0.15, 0.2) is 24.3 Å². The number of aromatic nitrogens is 2. The van der Waals surface area contributed by atoms with Crippen LogP contribution in [-0.4, -0.2) is 52.3 Å². The number of ether oxygens (including phenoxy) is 1. The number of carbonyl (C=O) groups is 1. The number of benzene rings is 1. The molecule has 130 valence electrons. The summed E-state index contributed by atoms with van der Waals surface area (Å²) in [6, 6.07) is 8.15. The second-order valence-electron chi connectivity index (χ2n) is 7.27. The Morgan fingerprint density at radius 1 is 1.12 bits per heavy atom. The largest absolute Gasteiger partial charge is 0.444 e. The molecular weight excluding hydrogens is 304 g/mol. The van der Waals surface area contributed by atoms with Gasteiger partial charge in [0.05, 0.1) is 11.0 Å². The lowest BCUT2D eigenvalue weighted by Gasteiger charge is -2.26. The minimum atomic E-state index is -0.458. The van der Waals surface area contributed by atoms with Gasteiger partial charge in [0.2, 0.25) is 5.95 Å². The molecule has 2 aromatic rings. The fourth-order valence-electron chi connectivity index (χ4n) is 3.04. The highest BCUT2D eigenvalue weighted by molar-refractivity contribution is 5.78. The zero-order chi connectivity index (χ0) is 17.3. The predicted molar refractivity (Wildman–Crippen MR) is 95.4 cm³/mol. The van der Waals surface area contributed by atoms with E-state index in [9.17, 15) is 4.79 Å². The summed E-state index contributed by atoms with van der Waals surface area (Å²) in [6.45, 7) is 8.71. The van der Waals surface area contributed by atoms with Crippen LogP contribution in [0.25, 0.3) is 11.0 Å². The molecule has 0 bridgehead atoms. The molecule has 1 aliphatic rings. The second kappa shape index (κ2) is 6.34. The van der Waals surface area contributed by atoms with Gasteiger partial charge in [0.1, 0.15) is 5.60 Å². The number of rotatable bonds is 1. The fraction of sp³-hybridized carbons (Fsp3) is 0.556. The number of aryl methyl sites for hydroxylation is 1. The number of carbonyl (C=O) groups excluding carboxylic acids is 1. The van der Waals surface area contributed by atoms with Gasteiger partial charge in [0.15, 0.2) is 0 Å². The van der Waals surface area contributed by atoms with Gasteiger partial charge in [-0.25, -0.2) is 9.78 Å². The van der Waals surface area contributed by atoms with Crippen molar-refractivity contribution < 1.29 is 9.53 Å². The molecule has 0 radical (unpaired) electrons. The SMILES string of the molecule is Cn1c(N2CCCN(C(=O)OC(C)(C)C)CC2)nc2ccccc21. The summed E-state index contributed by atoms with van der Waals surface area (Å²) >= 11 is 0. The molecule has 0 aliphatic carbocycles. The van der Waals surface area contributed by atoms with Gasteiger partial charge in [-0.2, -0.15) is 0 Å². The molecule has 0 spiro atoms. The Bertz CT molecular complexity index is 732. The van der Waals surface area contributed by atoms with Crippen molar-refractivity contribution in [1.82, 2.24) is 14.5 Å². The van der Waals surface area contributed by atoms with E-state index >= 15 is 0 Å². The van der Waals surface area contributed by atoms with E-state index in [0.717, 1.165) is 43.0 Å². The van der Waals surface area contributed by atoms with E-state index in [0.29, 0.717) is 6.54 Å². The summed E-state index contributed by atoms with van der Waals surface area (Å²) < 4.78 is 7.62. The molecule has 0 N–H and O–H groups in total. The molecule has 0 saturated carbocycles. The minimum absolute atomic E-state index is 0.227. The Labute approximate surface area is 143 Å². The first kappa shape index (κ1) is 16.6. The number of para-hydroxylation sites is 2. The van der Waals surface area contributed by atoms with E-state index in [1.807, 2.05) is 46.0 Å². The van der Waals surface area contributed by atoms with Crippen LogP contribution >= 0.6 is 0 Å². The van der Waals surface area contributed by atoms with Crippen molar-refractivity contribution in [2.75, 3.05) is 31.1 Å². The van der Waals surface area contributed by atoms with Crippen molar-refractivity contribution in [2.45, 2.75) is 32.8 Å². The predicted octanol–water partition coefficient (Wildman–Crippen LogP) is 3.02. The summed E-state index contributed by atoms with van der Waals surface area (Å²) in [6.07, 6.45) is 0.678. The normalized spacial score (nSPS) is 16.3. The highest BCUT2D eigenvalue weighted by Gasteiger charge is 2.25. The van der Waals surface area contributed by atoms with Crippen molar-refractivity contribution in [3.8, 4) is 0 Å². The van der Waals surface area contributed by atoms with Crippen molar-refractivity contribution in [1.29, 1.82) is 0 Å². The summed E-state index contributed by atoms with van der Waals surface area (Å²) in [5, 5.41) is 0. The van der Waals surface area contributed by atoms with E-state index in [-0.39, 0.29) is 6.09 Å². The highest BCUT2D eigenvalue weighted by atomic mass is 16.6. The third kappa shape index (κ3) is 3.47. The standard InChI is InChI=1S/C18H26N4O2/c1-18(2,3)24-17(23)22-11-7-10-21(12-13-22)16-19-14-8-5-6-9-15(14)20(16)4/h5-6,8-9H,7,10-13H2,1-4H3. The Balaban J connectivity index is 1.73. The second-order valence-corrected chi connectivity index (χ2v) is 7.27. The van der Waals surface area contributed by atoms with Crippen LogP contribution in [0.3, 0.4) is 0 Å². The first-order valence-corrected chi connectivity index (χ1v) is 8.49. The van der Waals surface area contributed by atoms with Gasteiger partial charge in [-0.15, -0.1) is 0 Å². The molecule has 0 unspecified atom stereocenters. The summed E-state index contributed by atoms with van der Waals surface area (Å²) in [4.78, 5) is 21.1. The number of anilines is 1.